The second-order valence-electron chi connectivity index (χ2n) is 5.17. The molecule has 0 saturated carbocycles. The van der Waals surface area contributed by atoms with Crippen molar-refractivity contribution in [2.45, 2.75) is 18.7 Å². The molecule has 0 bridgehead atoms. The first kappa shape index (κ1) is 17.9. The normalized spacial score (nSPS) is 11.3. The topological polar surface area (TPSA) is 37.4 Å². The number of hydrogen-bond donors (Lipinski definition) is 0. The summed E-state index contributed by atoms with van der Waals surface area (Å²) in [7, 11) is -3.85. The molecule has 0 radical (unpaired) electrons. The molecule has 0 N–H and O–H groups in total. The summed E-state index contributed by atoms with van der Waals surface area (Å²) < 4.78 is 27.3. The van der Waals surface area contributed by atoms with E-state index in [0.717, 1.165) is 11.1 Å². The standard InChI is InChI=1S/C17H17Cl2NO2S/c1-4-9-20(15-7-5-12(2)13(3)10-15)23(21,22)17-11-14(18)6-8-16(17)19/h4-8,10-11H,1,9H2,2-3H3. The molecule has 0 saturated heterocycles. The minimum absolute atomic E-state index is 0.0215. The quantitative estimate of drug-likeness (QED) is 0.696. The molecule has 0 aliphatic carbocycles. The second kappa shape index (κ2) is 6.95. The molecule has 0 unspecified atom stereocenters. The van der Waals surface area contributed by atoms with Crippen molar-refractivity contribution < 1.29 is 8.42 Å². The lowest BCUT2D eigenvalue weighted by molar-refractivity contribution is 0.593. The van der Waals surface area contributed by atoms with E-state index in [4.69, 9.17) is 23.2 Å². The Morgan fingerprint density at radius 3 is 2.39 bits per heavy atom. The third-order valence-electron chi connectivity index (χ3n) is 3.53. The van der Waals surface area contributed by atoms with Crippen LogP contribution in [0.3, 0.4) is 0 Å². The van der Waals surface area contributed by atoms with E-state index in [-0.39, 0.29) is 16.5 Å². The van der Waals surface area contributed by atoms with Crippen LogP contribution in [0.1, 0.15) is 11.1 Å². The van der Waals surface area contributed by atoms with Crippen molar-refractivity contribution in [2.75, 3.05) is 10.8 Å². The number of rotatable bonds is 5. The van der Waals surface area contributed by atoms with E-state index in [0.29, 0.717) is 10.7 Å². The third-order valence-corrected chi connectivity index (χ3v) is 6.05. The van der Waals surface area contributed by atoms with Crippen molar-refractivity contribution in [3.05, 3.63) is 70.2 Å². The SMILES string of the molecule is C=CCN(c1ccc(C)c(C)c1)S(=O)(=O)c1cc(Cl)ccc1Cl. The van der Waals surface area contributed by atoms with Crippen molar-refractivity contribution >= 4 is 38.9 Å². The van der Waals surface area contributed by atoms with Gasteiger partial charge in [0.1, 0.15) is 4.90 Å². The molecular formula is C17H17Cl2NO2S. The van der Waals surface area contributed by atoms with Crippen LogP contribution in [0, 0.1) is 13.8 Å². The van der Waals surface area contributed by atoms with Crippen LogP contribution >= 0.6 is 23.2 Å². The summed E-state index contributed by atoms with van der Waals surface area (Å²) in [6.07, 6.45) is 1.53. The van der Waals surface area contributed by atoms with Crippen LogP contribution in [0.15, 0.2) is 53.9 Å². The van der Waals surface area contributed by atoms with E-state index in [1.54, 1.807) is 12.1 Å². The van der Waals surface area contributed by atoms with Gasteiger partial charge in [0, 0.05) is 5.02 Å². The predicted octanol–water partition coefficient (Wildman–Crippen LogP) is 4.99. The fourth-order valence-corrected chi connectivity index (χ4v) is 4.30. The van der Waals surface area contributed by atoms with Crippen molar-refractivity contribution in [1.29, 1.82) is 0 Å². The molecule has 0 fully saturated rings. The Hall–Kier alpha value is -1.49. The summed E-state index contributed by atoms with van der Waals surface area (Å²) in [5.74, 6) is 0. The van der Waals surface area contributed by atoms with Gasteiger partial charge in [-0.2, -0.15) is 0 Å². The smallest absolute Gasteiger partial charge is 0.262 e. The maximum Gasteiger partial charge on any atom is 0.266 e. The average molecular weight is 370 g/mol. The fourth-order valence-electron chi connectivity index (χ4n) is 2.13. The maximum absolute atomic E-state index is 13.0. The molecule has 0 heterocycles. The summed E-state index contributed by atoms with van der Waals surface area (Å²) in [5, 5.41) is 0.443. The van der Waals surface area contributed by atoms with Gasteiger partial charge in [-0.15, -0.1) is 6.58 Å². The van der Waals surface area contributed by atoms with E-state index >= 15 is 0 Å². The second-order valence-corrected chi connectivity index (χ2v) is 7.84. The number of hydrogen-bond acceptors (Lipinski definition) is 2. The van der Waals surface area contributed by atoms with Crippen molar-refractivity contribution in [3.8, 4) is 0 Å². The van der Waals surface area contributed by atoms with Gasteiger partial charge in [0.05, 0.1) is 17.3 Å². The van der Waals surface area contributed by atoms with E-state index in [2.05, 4.69) is 6.58 Å². The average Bonchev–Trinajstić information content (AvgIpc) is 2.50. The number of benzene rings is 2. The largest absolute Gasteiger partial charge is 0.266 e. The fraction of sp³-hybridized carbons (Fsp3) is 0.176. The summed E-state index contributed by atoms with van der Waals surface area (Å²) in [4.78, 5) is -0.0215. The molecule has 0 atom stereocenters. The first-order valence-electron chi connectivity index (χ1n) is 6.93. The molecule has 2 aromatic carbocycles. The number of aryl methyl sites for hydroxylation is 2. The first-order valence-corrected chi connectivity index (χ1v) is 9.13. The zero-order valence-electron chi connectivity index (χ0n) is 12.9. The number of anilines is 1. The third kappa shape index (κ3) is 3.71. The summed E-state index contributed by atoms with van der Waals surface area (Å²) in [5.41, 5.74) is 2.65. The Morgan fingerprint density at radius 2 is 1.78 bits per heavy atom. The Labute approximate surface area is 147 Å². The van der Waals surface area contributed by atoms with Gasteiger partial charge in [-0.3, -0.25) is 4.31 Å². The maximum atomic E-state index is 13.0. The van der Waals surface area contributed by atoms with Gasteiger partial charge in [0.2, 0.25) is 0 Å². The molecular weight excluding hydrogens is 353 g/mol. The summed E-state index contributed by atoms with van der Waals surface area (Å²) in [6, 6.07) is 9.86. The highest BCUT2D eigenvalue weighted by molar-refractivity contribution is 7.93. The molecule has 2 aromatic rings. The Morgan fingerprint density at radius 1 is 1.09 bits per heavy atom. The monoisotopic (exact) mass is 369 g/mol. The van der Waals surface area contributed by atoms with Crippen LogP contribution in [0.25, 0.3) is 0 Å². The van der Waals surface area contributed by atoms with Gasteiger partial charge in [-0.05, 0) is 55.3 Å². The highest BCUT2D eigenvalue weighted by atomic mass is 35.5. The molecule has 122 valence electrons. The van der Waals surface area contributed by atoms with E-state index in [1.807, 2.05) is 26.0 Å². The van der Waals surface area contributed by atoms with Gasteiger partial charge in [0.15, 0.2) is 0 Å². The van der Waals surface area contributed by atoms with Gasteiger partial charge in [-0.1, -0.05) is 35.3 Å². The predicted molar refractivity (Wildman–Crippen MR) is 97.1 cm³/mol. The van der Waals surface area contributed by atoms with Gasteiger partial charge in [-0.25, -0.2) is 8.42 Å². The minimum Gasteiger partial charge on any atom is -0.262 e. The van der Waals surface area contributed by atoms with Crippen molar-refractivity contribution in [1.82, 2.24) is 0 Å². The molecule has 0 spiro atoms. The molecule has 23 heavy (non-hydrogen) atoms. The van der Waals surface area contributed by atoms with Crippen LogP contribution in [-0.2, 0) is 10.0 Å². The van der Waals surface area contributed by atoms with Crippen molar-refractivity contribution in [3.63, 3.8) is 0 Å². The highest BCUT2D eigenvalue weighted by Crippen LogP contribution is 2.31. The molecule has 0 amide bonds. The zero-order valence-corrected chi connectivity index (χ0v) is 15.2. The molecule has 0 aliphatic rings. The van der Waals surface area contributed by atoms with Gasteiger partial charge in [0.25, 0.3) is 10.0 Å². The Balaban J connectivity index is 2.61. The zero-order chi connectivity index (χ0) is 17.2. The lowest BCUT2D eigenvalue weighted by Crippen LogP contribution is -2.31. The Bertz CT molecular complexity index is 848. The van der Waals surface area contributed by atoms with Crippen LogP contribution in [0.4, 0.5) is 5.69 Å². The number of halogens is 2. The number of sulfonamides is 1. The minimum atomic E-state index is -3.85. The van der Waals surface area contributed by atoms with Crippen molar-refractivity contribution in [2.24, 2.45) is 0 Å². The molecule has 0 aromatic heterocycles. The molecule has 3 nitrogen and oxygen atoms in total. The Kier molecular flexibility index (Phi) is 5.40. The lowest BCUT2D eigenvalue weighted by atomic mass is 10.1. The van der Waals surface area contributed by atoms with Gasteiger partial charge >= 0.3 is 0 Å². The van der Waals surface area contributed by atoms with Crippen LogP contribution in [0.2, 0.25) is 10.0 Å². The lowest BCUT2D eigenvalue weighted by Gasteiger charge is -2.24. The van der Waals surface area contributed by atoms with Gasteiger partial charge < -0.3 is 0 Å². The van der Waals surface area contributed by atoms with Crippen LogP contribution in [0.5, 0.6) is 0 Å². The van der Waals surface area contributed by atoms with E-state index < -0.39 is 10.0 Å². The van der Waals surface area contributed by atoms with E-state index in [1.165, 1.54) is 22.5 Å². The molecule has 6 heteroatoms. The summed E-state index contributed by atoms with van der Waals surface area (Å²) in [6.45, 7) is 7.69. The van der Waals surface area contributed by atoms with Crippen LogP contribution < -0.4 is 4.31 Å². The van der Waals surface area contributed by atoms with E-state index in [9.17, 15) is 8.42 Å². The number of nitrogens with zero attached hydrogens (tertiary/aromatic N) is 1. The summed E-state index contributed by atoms with van der Waals surface area (Å²) >= 11 is 12.0. The van der Waals surface area contributed by atoms with Crippen LogP contribution in [-0.4, -0.2) is 15.0 Å². The molecule has 0 aliphatic heterocycles. The molecule has 2 rings (SSSR count). The highest BCUT2D eigenvalue weighted by Gasteiger charge is 2.27. The first-order chi connectivity index (χ1) is 10.8.